The molecule has 0 radical (unpaired) electrons. The van der Waals surface area contributed by atoms with Crippen LogP contribution in [0.4, 0.5) is 0 Å². The molecule has 2 rings (SSSR count). The standard InChI is InChI=1S/C17H27NO/c1-6-7-8-9-13-10-11-14-15(12-13)17(4,5)18(19)16(14,2)3/h10-12,18H,6-9H2,1-5H3/i2D3,3D3,4D3,5D3. The Morgan fingerprint density at radius 2 is 1.79 bits per heavy atom. The molecule has 0 spiro atoms. The fourth-order valence-electron chi connectivity index (χ4n) is 2.49. The summed E-state index contributed by atoms with van der Waals surface area (Å²) in [5, 5.41) is 11.9. The van der Waals surface area contributed by atoms with Gasteiger partial charge < -0.3 is 10.3 Å². The van der Waals surface area contributed by atoms with Crippen molar-refractivity contribution in [1.29, 1.82) is 0 Å². The number of hydroxylamine groups is 2. The lowest BCUT2D eigenvalue weighted by atomic mass is 9.88. The number of rotatable bonds is 4. The van der Waals surface area contributed by atoms with Crippen LogP contribution < -0.4 is 5.06 Å². The number of benzene rings is 1. The molecule has 0 amide bonds. The number of quaternary nitrogens is 1. The average molecular weight is 273 g/mol. The van der Waals surface area contributed by atoms with Crippen LogP contribution in [-0.4, -0.2) is 0 Å². The first kappa shape index (κ1) is 5.50. The molecule has 106 valence electrons. The van der Waals surface area contributed by atoms with E-state index in [-0.39, 0.29) is 0 Å². The minimum atomic E-state index is -3.51. The average Bonchev–Trinajstić information content (AvgIpc) is 2.79. The minimum Gasteiger partial charge on any atom is -0.633 e. The first-order chi connectivity index (χ1) is 13.8. The molecule has 1 heterocycles. The van der Waals surface area contributed by atoms with Crippen molar-refractivity contribution in [3.63, 3.8) is 0 Å². The van der Waals surface area contributed by atoms with Gasteiger partial charge in [-0.3, -0.25) is 0 Å². The van der Waals surface area contributed by atoms with Gasteiger partial charge in [0.25, 0.3) is 0 Å². The lowest BCUT2D eigenvalue weighted by Crippen LogP contribution is -3.17. The van der Waals surface area contributed by atoms with Crippen molar-refractivity contribution in [2.24, 2.45) is 0 Å². The van der Waals surface area contributed by atoms with Crippen LogP contribution in [0.15, 0.2) is 18.2 Å². The second-order valence-electron chi connectivity index (χ2n) is 5.17. The Morgan fingerprint density at radius 3 is 2.42 bits per heavy atom. The third-order valence-corrected chi connectivity index (χ3v) is 3.64. The van der Waals surface area contributed by atoms with Crippen molar-refractivity contribution in [3.05, 3.63) is 40.1 Å². The van der Waals surface area contributed by atoms with E-state index in [4.69, 9.17) is 16.4 Å². The number of fused-ring (bicyclic) bond motifs is 1. The fraction of sp³-hybridized carbons (Fsp3) is 0.647. The van der Waals surface area contributed by atoms with Gasteiger partial charge >= 0.3 is 0 Å². The molecule has 2 heteroatoms. The van der Waals surface area contributed by atoms with Crippen molar-refractivity contribution in [2.45, 2.75) is 71.1 Å². The molecule has 1 aromatic carbocycles. The third kappa shape index (κ3) is 2.32. The zero-order chi connectivity index (χ0) is 24.3. The molecule has 1 N–H and O–H groups in total. The lowest BCUT2D eigenvalue weighted by Gasteiger charge is -2.40. The Labute approximate surface area is 134 Å². The summed E-state index contributed by atoms with van der Waals surface area (Å²) in [7, 11) is 0. The van der Waals surface area contributed by atoms with Crippen LogP contribution in [0.25, 0.3) is 0 Å². The maximum Gasteiger partial charge on any atom is 0.118 e. The number of hydrogen-bond acceptors (Lipinski definition) is 1. The van der Waals surface area contributed by atoms with Crippen LogP contribution in [0, 0.1) is 5.21 Å². The third-order valence-electron chi connectivity index (χ3n) is 3.64. The second kappa shape index (κ2) is 4.92. The van der Waals surface area contributed by atoms with Crippen LogP contribution in [0.3, 0.4) is 0 Å². The largest absolute Gasteiger partial charge is 0.633 e. The Kier molecular flexibility index (Phi) is 1.42. The summed E-state index contributed by atoms with van der Waals surface area (Å²) in [5.41, 5.74) is -7.12. The van der Waals surface area contributed by atoms with Crippen molar-refractivity contribution in [3.8, 4) is 0 Å². The Bertz CT molecular complexity index is 777. The van der Waals surface area contributed by atoms with E-state index in [9.17, 15) is 5.21 Å². The quantitative estimate of drug-likeness (QED) is 0.661. The molecule has 0 bridgehead atoms. The highest BCUT2D eigenvalue weighted by molar-refractivity contribution is 5.41. The SMILES string of the molecule is [2H]C([2H])([2H])C1(C([2H])([2H])[2H])c2ccc(CCCCC)cc2C(C([2H])([2H])[2H])(C([2H])([2H])[2H])[NH+]1[O-]. The normalized spacial score (nSPS) is 35.4. The van der Waals surface area contributed by atoms with Gasteiger partial charge in [0.05, 0.1) is 0 Å². The lowest BCUT2D eigenvalue weighted by molar-refractivity contribution is -0.955. The molecule has 1 aliphatic rings. The van der Waals surface area contributed by atoms with E-state index in [1.165, 1.54) is 12.1 Å². The highest BCUT2D eigenvalue weighted by Crippen LogP contribution is 2.36. The molecule has 0 aromatic heterocycles. The van der Waals surface area contributed by atoms with Gasteiger partial charge in [-0.1, -0.05) is 31.9 Å². The molecular formula is C17H27NO. The Hall–Kier alpha value is -0.860. The summed E-state index contributed by atoms with van der Waals surface area (Å²) < 4.78 is 95.7. The van der Waals surface area contributed by atoms with Crippen LogP contribution in [0.1, 0.15) is 86.7 Å². The maximum atomic E-state index is 13.7. The van der Waals surface area contributed by atoms with Crippen LogP contribution in [0.2, 0.25) is 0 Å². The van der Waals surface area contributed by atoms with E-state index in [0.717, 1.165) is 18.9 Å². The van der Waals surface area contributed by atoms with E-state index in [2.05, 4.69) is 0 Å². The van der Waals surface area contributed by atoms with Gasteiger partial charge in [-0.2, -0.15) is 0 Å². The Balaban J connectivity index is 3.03. The van der Waals surface area contributed by atoms with E-state index in [1.807, 2.05) is 6.92 Å². The van der Waals surface area contributed by atoms with Gasteiger partial charge in [0.15, 0.2) is 0 Å². The van der Waals surface area contributed by atoms with E-state index < -0.39 is 54.7 Å². The summed E-state index contributed by atoms with van der Waals surface area (Å²) >= 11 is 0. The second-order valence-corrected chi connectivity index (χ2v) is 5.17. The van der Waals surface area contributed by atoms with E-state index in [1.54, 1.807) is 0 Å². The fourth-order valence-corrected chi connectivity index (χ4v) is 2.49. The molecule has 0 fully saturated rings. The van der Waals surface area contributed by atoms with Gasteiger partial charge in [-0.25, -0.2) is 0 Å². The van der Waals surface area contributed by atoms with Crippen molar-refractivity contribution in [1.82, 2.24) is 0 Å². The van der Waals surface area contributed by atoms with Gasteiger partial charge in [-0.15, -0.1) is 0 Å². The summed E-state index contributed by atoms with van der Waals surface area (Å²) in [5.74, 6) is 0. The molecule has 1 atom stereocenters. The summed E-state index contributed by atoms with van der Waals surface area (Å²) in [6.07, 6.45) is 2.91. The predicted molar refractivity (Wildman–Crippen MR) is 80.1 cm³/mol. The summed E-state index contributed by atoms with van der Waals surface area (Å²) in [6.45, 7) is -12.1. The zero-order valence-electron chi connectivity index (χ0n) is 23.0. The predicted octanol–water partition coefficient (Wildman–Crippen LogP) is 3.29. The van der Waals surface area contributed by atoms with Gasteiger partial charge in [0, 0.05) is 27.6 Å². The number of aryl methyl sites for hydroxylation is 1. The van der Waals surface area contributed by atoms with Crippen LogP contribution in [0.5, 0.6) is 0 Å². The number of unbranched alkanes of at least 4 members (excludes halogenated alkanes) is 2. The number of hydrogen-bond donors (Lipinski definition) is 1. The van der Waals surface area contributed by atoms with E-state index >= 15 is 0 Å². The molecule has 1 aromatic rings. The molecule has 1 unspecified atom stereocenters. The van der Waals surface area contributed by atoms with E-state index in [0.29, 0.717) is 18.4 Å². The molecule has 2 nitrogen and oxygen atoms in total. The smallest absolute Gasteiger partial charge is 0.118 e. The topological polar surface area (TPSA) is 27.5 Å². The van der Waals surface area contributed by atoms with Gasteiger partial charge in [-0.05, 0) is 51.9 Å². The molecule has 19 heavy (non-hydrogen) atoms. The van der Waals surface area contributed by atoms with Crippen molar-refractivity contribution in [2.75, 3.05) is 0 Å². The van der Waals surface area contributed by atoms with Crippen molar-refractivity contribution < 1.29 is 21.5 Å². The summed E-state index contributed by atoms with van der Waals surface area (Å²) in [6, 6.07) is 3.77. The van der Waals surface area contributed by atoms with Gasteiger partial charge in [0.1, 0.15) is 11.1 Å². The molecular weight excluding hydrogens is 234 g/mol. The highest BCUT2D eigenvalue weighted by Gasteiger charge is 2.49. The first-order valence-corrected chi connectivity index (χ1v) is 6.50. The molecule has 1 aliphatic heterocycles. The van der Waals surface area contributed by atoms with Gasteiger partial charge in [0.2, 0.25) is 0 Å². The molecule has 0 aliphatic carbocycles. The molecule has 0 saturated carbocycles. The zero-order valence-corrected chi connectivity index (χ0v) is 11.0. The Morgan fingerprint density at radius 1 is 1.11 bits per heavy atom. The highest BCUT2D eigenvalue weighted by atomic mass is 16.5. The molecule has 0 saturated heterocycles. The number of nitrogens with one attached hydrogen (secondary N) is 1. The van der Waals surface area contributed by atoms with Crippen LogP contribution >= 0.6 is 0 Å². The maximum absolute atomic E-state index is 13.7. The van der Waals surface area contributed by atoms with Crippen molar-refractivity contribution >= 4 is 0 Å². The summed E-state index contributed by atoms with van der Waals surface area (Å²) in [4.78, 5) is 0. The monoisotopic (exact) mass is 273 g/mol. The minimum absolute atomic E-state index is 0.446. The first-order valence-electron chi connectivity index (χ1n) is 12.5. The van der Waals surface area contributed by atoms with Crippen LogP contribution in [-0.2, 0) is 17.5 Å².